The third kappa shape index (κ3) is 6.62. The molecule has 0 amide bonds. The van der Waals surface area contributed by atoms with Gasteiger partial charge >= 0.3 is 21.1 Å². The summed E-state index contributed by atoms with van der Waals surface area (Å²) >= 11 is 0. The van der Waals surface area contributed by atoms with Gasteiger partial charge in [-0.3, -0.25) is 4.68 Å². The fourth-order valence-electron chi connectivity index (χ4n) is 6.53. The second-order valence-corrected chi connectivity index (χ2v) is 13.3. The molecule has 0 aliphatic carbocycles. The number of hydrogen-bond donors (Lipinski definition) is 0. The van der Waals surface area contributed by atoms with Gasteiger partial charge in [-0.25, -0.2) is 4.98 Å². The molecule has 7 aromatic rings. The molecule has 0 aliphatic heterocycles. The van der Waals surface area contributed by atoms with E-state index in [9.17, 15) is 0 Å². The van der Waals surface area contributed by atoms with Crippen LogP contribution in [0, 0.1) is 31.9 Å². The van der Waals surface area contributed by atoms with Crippen molar-refractivity contribution in [3.63, 3.8) is 0 Å². The molecule has 5 nitrogen and oxygen atoms in total. The Bertz CT molecular complexity index is 2200. The number of fused-ring (bicyclic) bond motifs is 3. The normalized spacial score (nSPS) is 11.5. The summed E-state index contributed by atoms with van der Waals surface area (Å²) in [4.78, 5) is 4.76. The molecule has 0 fully saturated rings. The maximum atomic E-state index is 6.39. The fourth-order valence-corrected chi connectivity index (χ4v) is 6.53. The average molecular weight is 812 g/mol. The molecular formula is C42H40N4OPt. The SMILES string of the molecule is Cc1cc(CCC(C)C)cc(C)c1-c1cnn(-c2[c-]c(Oc3[c-]c4c(cc3)c3ccccc3n4-c3cc(C(C)C)ccn3)ccc2)c1.[Pt+2]. The van der Waals surface area contributed by atoms with Gasteiger partial charge < -0.3 is 9.30 Å². The second-order valence-electron chi connectivity index (χ2n) is 13.3. The van der Waals surface area contributed by atoms with Crippen LogP contribution < -0.4 is 4.74 Å². The summed E-state index contributed by atoms with van der Waals surface area (Å²) in [6.45, 7) is 13.4. The van der Waals surface area contributed by atoms with E-state index in [4.69, 9.17) is 14.8 Å². The summed E-state index contributed by atoms with van der Waals surface area (Å²) < 4.78 is 10.4. The van der Waals surface area contributed by atoms with E-state index in [-0.39, 0.29) is 21.1 Å². The van der Waals surface area contributed by atoms with Gasteiger partial charge in [-0.05, 0) is 95.6 Å². The zero-order chi connectivity index (χ0) is 32.7. The number of rotatable bonds is 9. The third-order valence-corrected chi connectivity index (χ3v) is 8.92. The van der Waals surface area contributed by atoms with Crippen LogP contribution in [0.1, 0.15) is 62.3 Å². The maximum absolute atomic E-state index is 6.39. The van der Waals surface area contributed by atoms with E-state index in [2.05, 4.69) is 119 Å². The van der Waals surface area contributed by atoms with Crippen LogP contribution in [0.4, 0.5) is 0 Å². The molecule has 0 radical (unpaired) electrons. The minimum absolute atomic E-state index is 0. The van der Waals surface area contributed by atoms with Gasteiger partial charge in [0.1, 0.15) is 5.82 Å². The van der Waals surface area contributed by atoms with Crippen LogP contribution in [0.25, 0.3) is 44.4 Å². The Hall–Kier alpha value is -4.47. The van der Waals surface area contributed by atoms with E-state index < -0.39 is 0 Å². The number of ether oxygens (including phenoxy) is 1. The summed E-state index contributed by atoms with van der Waals surface area (Å²) in [5, 5.41) is 6.97. The van der Waals surface area contributed by atoms with Crippen molar-refractivity contribution in [3.8, 4) is 34.1 Å². The van der Waals surface area contributed by atoms with Crippen molar-refractivity contribution < 1.29 is 25.8 Å². The maximum Gasteiger partial charge on any atom is 2.00 e. The molecule has 0 unspecified atom stereocenters. The monoisotopic (exact) mass is 811 g/mol. The summed E-state index contributed by atoms with van der Waals surface area (Å²) in [5.74, 6) is 3.17. The number of pyridine rings is 1. The van der Waals surface area contributed by atoms with Crippen LogP contribution in [0.2, 0.25) is 0 Å². The summed E-state index contributed by atoms with van der Waals surface area (Å²) in [6, 6.07) is 34.2. The van der Waals surface area contributed by atoms with Crippen molar-refractivity contribution in [2.45, 2.75) is 60.3 Å². The molecule has 6 heteroatoms. The molecule has 0 saturated heterocycles. The van der Waals surface area contributed by atoms with Crippen molar-refractivity contribution in [2.24, 2.45) is 5.92 Å². The van der Waals surface area contributed by atoms with Crippen molar-refractivity contribution >= 4 is 21.8 Å². The average Bonchev–Trinajstić information content (AvgIpc) is 3.67. The Morgan fingerprint density at radius 2 is 1.58 bits per heavy atom. The summed E-state index contributed by atoms with van der Waals surface area (Å²) in [5.41, 5.74) is 10.3. The van der Waals surface area contributed by atoms with Gasteiger partial charge in [-0.15, -0.1) is 35.7 Å². The van der Waals surface area contributed by atoms with E-state index in [0.29, 0.717) is 23.3 Å². The van der Waals surface area contributed by atoms with Crippen LogP contribution in [-0.2, 0) is 27.5 Å². The smallest absolute Gasteiger partial charge is 0.509 e. The molecule has 0 bridgehead atoms. The van der Waals surface area contributed by atoms with E-state index in [1.54, 1.807) is 0 Å². The predicted octanol–water partition coefficient (Wildman–Crippen LogP) is 10.8. The van der Waals surface area contributed by atoms with Gasteiger partial charge in [0.15, 0.2) is 0 Å². The summed E-state index contributed by atoms with van der Waals surface area (Å²) in [7, 11) is 0. The number of aromatic nitrogens is 4. The molecule has 244 valence electrons. The first-order chi connectivity index (χ1) is 22.7. The Morgan fingerprint density at radius 3 is 2.35 bits per heavy atom. The Balaban J connectivity index is 0.00000401. The molecule has 0 N–H and O–H groups in total. The van der Waals surface area contributed by atoms with E-state index in [1.165, 1.54) is 34.2 Å². The standard InChI is InChI=1S/C42H40N4O.Pt/c1-27(2)14-15-31-20-29(5)42(30(6)21-31)33-25-44-45(26-33)34-10-9-11-35(23-34)47-36-16-17-38-37-12-7-8-13-39(37)46(40(38)24-36)41-22-32(28(3)4)18-19-43-41;/h7-13,16-22,25-28H,14-15H2,1-6H3;/q-2;+2. The molecule has 3 heterocycles. The van der Waals surface area contributed by atoms with Crippen molar-refractivity contribution in [3.05, 3.63) is 132 Å². The summed E-state index contributed by atoms with van der Waals surface area (Å²) in [6.07, 6.45) is 8.21. The van der Waals surface area contributed by atoms with Crippen molar-refractivity contribution in [1.82, 2.24) is 19.3 Å². The van der Waals surface area contributed by atoms with Gasteiger partial charge in [0.2, 0.25) is 0 Å². The number of para-hydroxylation sites is 1. The fraction of sp³-hybridized carbons (Fsp3) is 0.238. The minimum Gasteiger partial charge on any atom is -0.509 e. The predicted molar refractivity (Wildman–Crippen MR) is 192 cm³/mol. The first-order valence-corrected chi connectivity index (χ1v) is 16.5. The Kier molecular flexibility index (Phi) is 9.71. The number of hydrogen-bond acceptors (Lipinski definition) is 3. The van der Waals surface area contributed by atoms with Crippen LogP contribution in [0.15, 0.2) is 97.5 Å². The zero-order valence-corrected chi connectivity index (χ0v) is 30.6. The topological polar surface area (TPSA) is 44.9 Å². The third-order valence-electron chi connectivity index (χ3n) is 8.92. The molecule has 0 atom stereocenters. The zero-order valence-electron chi connectivity index (χ0n) is 28.3. The van der Waals surface area contributed by atoms with Crippen LogP contribution >= 0.6 is 0 Å². The molecular weight excluding hydrogens is 772 g/mol. The molecule has 0 saturated carbocycles. The van der Waals surface area contributed by atoms with Gasteiger partial charge in [0, 0.05) is 35.0 Å². The Morgan fingerprint density at radius 1 is 0.812 bits per heavy atom. The second kappa shape index (κ2) is 13.9. The van der Waals surface area contributed by atoms with Crippen molar-refractivity contribution in [2.75, 3.05) is 0 Å². The van der Waals surface area contributed by atoms with Crippen LogP contribution in [0.3, 0.4) is 0 Å². The van der Waals surface area contributed by atoms with E-state index in [0.717, 1.165) is 45.3 Å². The molecule has 48 heavy (non-hydrogen) atoms. The quantitative estimate of drug-likeness (QED) is 0.136. The van der Waals surface area contributed by atoms with Gasteiger partial charge in [0.05, 0.1) is 6.20 Å². The largest absolute Gasteiger partial charge is 2.00 e. The molecule has 0 aliphatic rings. The number of aryl methyl sites for hydroxylation is 3. The number of benzene rings is 4. The van der Waals surface area contributed by atoms with Gasteiger partial charge in [-0.2, -0.15) is 17.2 Å². The van der Waals surface area contributed by atoms with Crippen molar-refractivity contribution in [1.29, 1.82) is 0 Å². The first kappa shape index (κ1) is 33.4. The van der Waals surface area contributed by atoms with Gasteiger partial charge in [0.25, 0.3) is 0 Å². The number of nitrogens with zero attached hydrogens (tertiary/aromatic N) is 4. The molecule has 0 spiro atoms. The van der Waals surface area contributed by atoms with E-state index >= 15 is 0 Å². The minimum atomic E-state index is 0. The van der Waals surface area contributed by atoms with Gasteiger partial charge in [-0.1, -0.05) is 63.5 Å². The van der Waals surface area contributed by atoms with E-state index in [1.807, 2.05) is 41.3 Å². The van der Waals surface area contributed by atoms with Crippen LogP contribution in [0.5, 0.6) is 11.5 Å². The molecule has 3 aromatic heterocycles. The Labute approximate surface area is 297 Å². The van der Waals surface area contributed by atoms with Crippen LogP contribution in [-0.4, -0.2) is 19.3 Å². The molecule has 4 aromatic carbocycles. The molecule has 7 rings (SSSR count). The first-order valence-electron chi connectivity index (χ1n) is 16.5.